The standard InChI is InChI=1S/C10H19N3O5/c11-4-2-1-3-6(12)9(16)13-7(10(17)18)5-8(14)15/h6-7H,1-5,11-12H2,(H,13,16)(H,14,15)(H,17,18). The van der Waals surface area contributed by atoms with Gasteiger partial charge in [0, 0.05) is 0 Å². The van der Waals surface area contributed by atoms with Crippen molar-refractivity contribution < 1.29 is 24.6 Å². The molecule has 7 N–H and O–H groups in total. The molecule has 0 spiro atoms. The summed E-state index contributed by atoms with van der Waals surface area (Å²) in [4.78, 5) is 32.6. The predicted octanol–water partition coefficient (Wildman–Crippen LogP) is -1.51. The van der Waals surface area contributed by atoms with Gasteiger partial charge >= 0.3 is 11.9 Å². The molecule has 0 radical (unpaired) electrons. The van der Waals surface area contributed by atoms with Crippen LogP contribution in [-0.2, 0) is 14.4 Å². The molecule has 0 saturated carbocycles. The Balaban J connectivity index is 4.23. The topological polar surface area (TPSA) is 156 Å². The number of nitrogens with two attached hydrogens (primary N) is 2. The van der Waals surface area contributed by atoms with Gasteiger partial charge < -0.3 is 27.0 Å². The van der Waals surface area contributed by atoms with E-state index in [1.807, 2.05) is 0 Å². The molecule has 2 unspecified atom stereocenters. The fraction of sp³-hybridized carbons (Fsp3) is 0.700. The monoisotopic (exact) mass is 261 g/mol. The van der Waals surface area contributed by atoms with Gasteiger partial charge in [0.15, 0.2) is 0 Å². The Hall–Kier alpha value is -1.67. The van der Waals surface area contributed by atoms with Crippen LogP contribution in [0, 0.1) is 0 Å². The summed E-state index contributed by atoms with van der Waals surface area (Å²) in [5.74, 6) is -3.38. The fourth-order valence-corrected chi connectivity index (χ4v) is 1.29. The number of amides is 1. The zero-order valence-electron chi connectivity index (χ0n) is 9.96. The van der Waals surface area contributed by atoms with Crippen molar-refractivity contribution in [1.82, 2.24) is 5.32 Å². The highest BCUT2D eigenvalue weighted by Crippen LogP contribution is 2.00. The van der Waals surface area contributed by atoms with Gasteiger partial charge in [-0.25, -0.2) is 4.79 Å². The second-order valence-electron chi connectivity index (χ2n) is 3.89. The molecule has 0 bridgehead atoms. The zero-order chi connectivity index (χ0) is 14.1. The maximum Gasteiger partial charge on any atom is 0.326 e. The average Bonchev–Trinajstić information content (AvgIpc) is 2.27. The summed E-state index contributed by atoms with van der Waals surface area (Å²) >= 11 is 0. The van der Waals surface area contributed by atoms with Gasteiger partial charge in [0.05, 0.1) is 12.5 Å². The van der Waals surface area contributed by atoms with Crippen molar-refractivity contribution in [1.29, 1.82) is 0 Å². The molecule has 0 rings (SSSR count). The fourth-order valence-electron chi connectivity index (χ4n) is 1.29. The van der Waals surface area contributed by atoms with Gasteiger partial charge in [-0.05, 0) is 19.4 Å². The second kappa shape index (κ2) is 8.43. The van der Waals surface area contributed by atoms with Crippen LogP contribution in [0.2, 0.25) is 0 Å². The van der Waals surface area contributed by atoms with Gasteiger partial charge in [-0.1, -0.05) is 6.42 Å². The minimum atomic E-state index is -1.46. The molecular weight excluding hydrogens is 242 g/mol. The first kappa shape index (κ1) is 16.3. The molecule has 2 atom stereocenters. The molecule has 0 aliphatic heterocycles. The van der Waals surface area contributed by atoms with Crippen LogP contribution in [-0.4, -0.2) is 46.7 Å². The van der Waals surface area contributed by atoms with Crippen LogP contribution in [0.4, 0.5) is 0 Å². The zero-order valence-corrected chi connectivity index (χ0v) is 9.96. The SMILES string of the molecule is NCCCCC(N)C(=O)NC(CC(=O)O)C(=O)O. The Morgan fingerprint density at radius 3 is 2.22 bits per heavy atom. The van der Waals surface area contributed by atoms with Gasteiger partial charge in [-0.3, -0.25) is 9.59 Å². The number of unbranched alkanes of at least 4 members (excludes halogenated alkanes) is 1. The minimum Gasteiger partial charge on any atom is -0.481 e. The third-order valence-corrected chi connectivity index (χ3v) is 2.30. The van der Waals surface area contributed by atoms with Crippen molar-refractivity contribution in [2.75, 3.05) is 6.54 Å². The number of hydrogen-bond acceptors (Lipinski definition) is 5. The molecule has 0 heterocycles. The lowest BCUT2D eigenvalue weighted by atomic mass is 10.1. The van der Waals surface area contributed by atoms with Crippen LogP contribution < -0.4 is 16.8 Å². The quantitative estimate of drug-likeness (QED) is 0.316. The van der Waals surface area contributed by atoms with Crippen molar-refractivity contribution in [3.63, 3.8) is 0 Å². The van der Waals surface area contributed by atoms with Crippen molar-refractivity contribution in [3.05, 3.63) is 0 Å². The van der Waals surface area contributed by atoms with E-state index in [2.05, 4.69) is 5.32 Å². The van der Waals surface area contributed by atoms with Gasteiger partial charge in [0.1, 0.15) is 6.04 Å². The van der Waals surface area contributed by atoms with E-state index < -0.39 is 36.4 Å². The Labute approximate surface area is 104 Å². The number of hydrogen-bond donors (Lipinski definition) is 5. The Morgan fingerprint density at radius 2 is 1.78 bits per heavy atom. The molecule has 18 heavy (non-hydrogen) atoms. The van der Waals surface area contributed by atoms with Crippen LogP contribution in [0.25, 0.3) is 0 Å². The molecule has 1 amide bonds. The summed E-state index contributed by atoms with van der Waals surface area (Å²) < 4.78 is 0. The summed E-state index contributed by atoms with van der Waals surface area (Å²) in [6, 6.07) is -2.32. The van der Waals surface area contributed by atoms with E-state index in [1.54, 1.807) is 0 Å². The van der Waals surface area contributed by atoms with Crippen LogP contribution in [0.15, 0.2) is 0 Å². The lowest BCUT2D eigenvalue weighted by molar-refractivity contribution is -0.147. The lowest BCUT2D eigenvalue weighted by Crippen LogP contribution is -2.49. The molecule has 0 aromatic carbocycles. The molecule has 0 saturated heterocycles. The highest BCUT2D eigenvalue weighted by atomic mass is 16.4. The molecule has 104 valence electrons. The average molecular weight is 261 g/mol. The van der Waals surface area contributed by atoms with Gasteiger partial charge in [-0.15, -0.1) is 0 Å². The molecule has 0 aliphatic rings. The maximum absolute atomic E-state index is 11.5. The third kappa shape index (κ3) is 6.81. The number of rotatable bonds is 9. The van der Waals surface area contributed by atoms with E-state index >= 15 is 0 Å². The lowest BCUT2D eigenvalue weighted by Gasteiger charge is -2.16. The summed E-state index contributed by atoms with van der Waals surface area (Å²) in [5.41, 5.74) is 10.8. The van der Waals surface area contributed by atoms with Crippen LogP contribution in [0.5, 0.6) is 0 Å². The maximum atomic E-state index is 11.5. The first-order valence-corrected chi connectivity index (χ1v) is 5.59. The predicted molar refractivity (Wildman–Crippen MR) is 62.7 cm³/mol. The van der Waals surface area contributed by atoms with Crippen LogP contribution in [0.1, 0.15) is 25.7 Å². The summed E-state index contributed by atoms with van der Waals surface area (Å²) in [7, 11) is 0. The van der Waals surface area contributed by atoms with Crippen molar-refractivity contribution >= 4 is 17.8 Å². The van der Waals surface area contributed by atoms with Gasteiger partial charge in [0.25, 0.3) is 0 Å². The third-order valence-electron chi connectivity index (χ3n) is 2.30. The first-order valence-electron chi connectivity index (χ1n) is 5.59. The number of nitrogens with one attached hydrogen (secondary N) is 1. The summed E-state index contributed by atoms with van der Waals surface area (Å²) in [6.45, 7) is 0.491. The van der Waals surface area contributed by atoms with E-state index in [-0.39, 0.29) is 0 Å². The molecule has 0 aliphatic carbocycles. The van der Waals surface area contributed by atoms with E-state index in [9.17, 15) is 14.4 Å². The Kier molecular flexibility index (Phi) is 7.64. The number of carbonyl (C=O) groups is 3. The smallest absolute Gasteiger partial charge is 0.326 e. The second-order valence-corrected chi connectivity index (χ2v) is 3.89. The van der Waals surface area contributed by atoms with Crippen LogP contribution >= 0.6 is 0 Å². The Bertz CT molecular complexity index is 308. The van der Waals surface area contributed by atoms with Gasteiger partial charge in [0.2, 0.25) is 5.91 Å². The molecule has 0 aromatic rings. The van der Waals surface area contributed by atoms with Gasteiger partial charge in [-0.2, -0.15) is 0 Å². The summed E-state index contributed by atoms with van der Waals surface area (Å²) in [6.07, 6.45) is 1.07. The van der Waals surface area contributed by atoms with Crippen molar-refractivity contribution in [2.45, 2.75) is 37.8 Å². The normalized spacial score (nSPS) is 13.7. The first-order chi connectivity index (χ1) is 8.38. The minimum absolute atomic E-state index is 0.377. The van der Waals surface area contributed by atoms with E-state index in [0.29, 0.717) is 19.4 Å². The highest BCUT2D eigenvalue weighted by Gasteiger charge is 2.25. The summed E-state index contributed by atoms with van der Waals surface area (Å²) in [5, 5.41) is 19.3. The number of carboxylic acid groups (broad SMARTS) is 2. The molecule has 0 aromatic heterocycles. The molecular formula is C10H19N3O5. The van der Waals surface area contributed by atoms with E-state index in [1.165, 1.54) is 0 Å². The van der Waals surface area contributed by atoms with Crippen molar-refractivity contribution in [3.8, 4) is 0 Å². The number of carbonyl (C=O) groups excluding carboxylic acids is 1. The van der Waals surface area contributed by atoms with E-state index in [0.717, 1.165) is 6.42 Å². The highest BCUT2D eigenvalue weighted by molar-refractivity contribution is 5.88. The molecule has 8 nitrogen and oxygen atoms in total. The van der Waals surface area contributed by atoms with E-state index in [4.69, 9.17) is 21.7 Å². The molecule has 0 fully saturated rings. The Morgan fingerprint density at radius 1 is 1.17 bits per heavy atom. The largest absolute Gasteiger partial charge is 0.481 e. The number of carboxylic acids is 2. The van der Waals surface area contributed by atoms with Crippen molar-refractivity contribution in [2.24, 2.45) is 11.5 Å². The number of aliphatic carboxylic acids is 2. The molecule has 8 heteroatoms. The van der Waals surface area contributed by atoms with Crippen LogP contribution in [0.3, 0.4) is 0 Å².